The summed E-state index contributed by atoms with van der Waals surface area (Å²) in [4.78, 5) is 37.0. The van der Waals surface area contributed by atoms with E-state index in [1.807, 2.05) is 24.3 Å². The first-order chi connectivity index (χ1) is 15.0. The zero-order valence-corrected chi connectivity index (χ0v) is 19.5. The van der Waals surface area contributed by atoms with Crippen LogP contribution in [0.2, 0.25) is 0 Å². The Balaban J connectivity index is 1.89. The highest BCUT2D eigenvalue weighted by atomic mass is 16.5. The molecule has 2 atom stereocenters. The molecule has 0 heterocycles. The Bertz CT molecular complexity index is 969. The van der Waals surface area contributed by atoms with Crippen LogP contribution in [-0.2, 0) is 19.7 Å². The van der Waals surface area contributed by atoms with Gasteiger partial charge in [0.25, 0.3) is 0 Å². The van der Waals surface area contributed by atoms with Crippen LogP contribution < -0.4 is 10.1 Å². The number of hydrogen-bond acceptors (Lipinski definition) is 5. The Morgan fingerprint density at radius 1 is 0.938 bits per heavy atom. The predicted octanol–water partition coefficient (Wildman–Crippen LogP) is 4.33. The minimum Gasteiger partial charge on any atom is -0.497 e. The van der Waals surface area contributed by atoms with E-state index in [-0.39, 0.29) is 11.2 Å². The van der Waals surface area contributed by atoms with Crippen LogP contribution in [-0.4, -0.2) is 36.9 Å². The molecule has 32 heavy (non-hydrogen) atoms. The molecule has 0 saturated heterocycles. The van der Waals surface area contributed by atoms with Crippen molar-refractivity contribution in [2.24, 2.45) is 0 Å². The van der Waals surface area contributed by atoms with Crippen LogP contribution in [0.4, 0.5) is 0 Å². The van der Waals surface area contributed by atoms with Gasteiger partial charge in [-0.05, 0) is 48.6 Å². The molecule has 1 unspecified atom stereocenters. The lowest BCUT2D eigenvalue weighted by Gasteiger charge is -2.20. The Kier molecular flexibility index (Phi) is 8.35. The molecule has 0 fully saturated rings. The summed E-state index contributed by atoms with van der Waals surface area (Å²) in [7, 11) is 1.58. The van der Waals surface area contributed by atoms with Crippen molar-refractivity contribution in [3.8, 4) is 5.75 Å². The van der Waals surface area contributed by atoms with E-state index in [4.69, 9.17) is 9.47 Å². The van der Waals surface area contributed by atoms with Crippen molar-refractivity contribution in [3.63, 3.8) is 0 Å². The topological polar surface area (TPSA) is 81.7 Å². The van der Waals surface area contributed by atoms with E-state index in [1.165, 1.54) is 19.9 Å². The number of amides is 1. The maximum atomic E-state index is 12.6. The van der Waals surface area contributed by atoms with Gasteiger partial charge >= 0.3 is 5.97 Å². The van der Waals surface area contributed by atoms with Gasteiger partial charge in [0.15, 0.2) is 6.10 Å². The summed E-state index contributed by atoms with van der Waals surface area (Å²) in [6.45, 7) is 9.31. The summed E-state index contributed by atoms with van der Waals surface area (Å²) >= 11 is 0. The normalized spacial score (nSPS) is 13.3. The molecule has 1 amide bonds. The first-order valence-corrected chi connectivity index (χ1v) is 10.5. The number of benzene rings is 2. The number of nitrogens with one attached hydrogen (secondary N) is 1. The van der Waals surface area contributed by atoms with Crippen LogP contribution in [0.25, 0.3) is 6.08 Å². The molecule has 0 aliphatic rings. The van der Waals surface area contributed by atoms with Crippen molar-refractivity contribution in [3.05, 3.63) is 71.3 Å². The molecular formula is C26H31NO5. The zero-order valence-electron chi connectivity index (χ0n) is 19.5. The fourth-order valence-electron chi connectivity index (χ4n) is 2.91. The van der Waals surface area contributed by atoms with Crippen molar-refractivity contribution in [2.45, 2.75) is 52.2 Å². The van der Waals surface area contributed by atoms with Crippen LogP contribution in [0.5, 0.6) is 5.75 Å². The Hall–Kier alpha value is -3.41. The predicted molar refractivity (Wildman–Crippen MR) is 125 cm³/mol. The lowest BCUT2D eigenvalue weighted by atomic mass is 9.86. The first-order valence-electron chi connectivity index (χ1n) is 10.5. The highest BCUT2D eigenvalue weighted by Crippen LogP contribution is 2.22. The minimum absolute atomic E-state index is 0.0187. The van der Waals surface area contributed by atoms with Crippen molar-refractivity contribution in [1.29, 1.82) is 0 Å². The van der Waals surface area contributed by atoms with Gasteiger partial charge in [-0.25, -0.2) is 4.79 Å². The largest absolute Gasteiger partial charge is 0.497 e. The lowest BCUT2D eigenvalue weighted by Crippen LogP contribution is -2.41. The highest BCUT2D eigenvalue weighted by molar-refractivity contribution is 6.00. The molecule has 0 aliphatic heterocycles. The molecule has 0 spiro atoms. The SMILES string of the molecule is COc1ccc(/C=C/C(=O)N[C@@H](C)C(=O)OC(C)C(=O)c2ccc(C(C)(C)C)cc2)cc1. The van der Waals surface area contributed by atoms with Gasteiger partial charge in [-0.2, -0.15) is 0 Å². The summed E-state index contributed by atoms with van der Waals surface area (Å²) in [6, 6.07) is 13.6. The van der Waals surface area contributed by atoms with Crippen LogP contribution >= 0.6 is 0 Å². The molecular weight excluding hydrogens is 406 g/mol. The molecule has 2 aromatic rings. The molecule has 6 nitrogen and oxygen atoms in total. The smallest absolute Gasteiger partial charge is 0.329 e. The van der Waals surface area contributed by atoms with Crippen LogP contribution in [0, 0.1) is 0 Å². The number of carbonyl (C=O) groups excluding carboxylic acids is 3. The van der Waals surface area contributed by atoms with Gasteiger partial charge in [0.2, 0.25) is 11.7 Å². The van der Waals surface area contributed by atoms with Crippen molar-refractivity contribution < 1.29 is 23.9 Å². The fraction of sp³-hybridized carbons (Fsp3) is 0.346. The van der Waals surface area contributed by atoms with E-state index in [2.05, 4.69) is 26.1 Å². The standard InChI is InChI=1S/C26H31NO5/c1-17(27-23(28)16-9-19-7-14-22(31-6)15-8-19)25(30)32-18(2)24(29)20-10-12-21(13-11-20)26(3,4)5/h7-18H,1-6H3,(H,27,28)/b16-9+/t17-,18?/m0/s1. The summed E-state index contributed by atoms with van der Waals surface area (Å²) < 4.78 is 10.4. The lowest BCUT2D eigenvalue weighted by molar-refractivity contribution is -0.149. The quantitative estimate of drug-likeness (QED) is 0.378. The molecule has 170 valence electrons. The Labute approximate surface area is 189 Å². The Morgan fingerprint density at radius 3 is 2.06 bits per heavy atom. The van der Waals surface area contributed by atoms with Gasteiger partial charge in [0, 0.05) is 11.6 Å². The third-order valence-electron chi connectivity index (χ3n) is 4.95. The number of rotatable bonds is 8. The van der Waals surface area contributed by atoms with E-state index in [1.54, 1.807) is 37.5 Å². The first kappa shape index (κ1) is 24.9. The van der Waals surface area contributed by atoms with E-state index >= 15 is 0 Å². The van der Waals surface area contributed by atoms with Gasteiger partial charge < -0.3 is 14.8 Å². The number of carbonyl (C=O) groups is 3. The minimum atomic E-state index is -0.961. The van der Waals surface area contributed by atoms with Crippen LogP contribution in [0.15, 0.2) is 54.6 Å². The third-order valence-corrected chi connectivity index (χ3v) is 4.95. The molecule has 0 aliphatic carbocycles. The number of ether oxygens (including phenoxy) is 2. The average molecular weight is 438 g/mol. The van der Waals surface area contributed by atoms with Gasteiger partial charge in [-0.3, -0.25) is 9.59 Å². The van der Waals surface area contributed by atoms with Crippen molar-refractivity contribution in [1.82, 2.24) is 5.32 Å². The molecule has 0 saturated carbocycles. The van der Waals surface area contributed by atoms with E-state index in [9.17, 15) is 14.4 Å². The molecule has 0 radical (unpaired) electrons. The number of methoxy groups -OCH3 is 1. The van der Waals surface area contributed by atoms with E-state index in [0.29, 0.717) is 5.56 Å². The second kappa shape index (κ2) is 10.8. The summed E-state index contributed by atoms with van der Waals surface area (Å²) in [5.41, 5.74) is 2.37. The monoisotopic (exact) mass is 437 g/mol. The molecule has 0 bridgehead atoms. The number of Topliss-reactive ketones (excluding diaryl/α,β-unsaturated/α-hetero) is 1. The molecule has 6 heteroatoms. The maximum absolute atomic E-state index is 12.6. The average Bonchev–Trinajstić information content (AvgIpc) is 2.76. The number of hydrogen-bond donors (Lipinski definition) is 1. The zero-order chi connectivity index (χ0) is 23.9. The van der Waals surface area contributed by atoms with E-state index < -0.39 is 24.0 Å². The molecule has 2 rings (SSSR count). The second-order valence-corrected chi connectivity index (χ2v) is 8.61. The van der Waals surface area contributed by atoms with Gasteiger partial charge in [-0.1, -0.05) is 57.2 Å². The number of ketones is 1. The molecule has 1 N–H and O–H groups in total. The van der Waals surface area contributed by atoms with Crippen LogP contribution in [0.3, 0.4) is 0 Å². The second-order valence-electron chi connectivity index (χ2n) is 8.61. The van der Waals surface area contributed by atoms with Crippen molar-refractivity contribution in [2.75, 3.05) is 7.11 Å². The van der Waals surface area contributed by atoms with Gasteiger partial charge in [0.05, 0.1) is 7.11 Å². The van der Waals surface area contributed by atoms with Crippen LogP contribution in [0.1, 0.15) is 56.1 Å². The van der Waals surface area contributed by atoms with Gasteiger partial charge in [-0.15, -0.1) is 0 Å². The third kappa shape index (κ3) is 7.08. The Morgan fingerprint density at radius 2 is 1.53 bits per heavy atom. The molecule has 0 aromatic heterocycles. The summed E-state index contributed by atoms with van der Waals surface area (Å²) in [6.07, 6.45) is 1.99. The fourth-order valence-corrected chi connectivity index (χ4v) is 2.91. The maximum Gasteiger partial charge on any atom is 0.329 e. The van der Waals surface area contributed by atoms with E-state index in [0.717, 1.165) is 16.9 Å². The van der Waals surface area contributed by atoms with Crippen molar-refractivity contribution >= 4 is 23.7 Å². The molecule has 2 aromatic carbocycles. The summed E-state index contributed by atoms with van der Waals surface area (Å²) in [5, 5.41) is 2.54. The summed E-state index contributed by atoms with van der Waals surface area (Å²) in [5.74, 6) is -0.695. The highest BCUT2D eigenvalue weighted by Gasteiger charge is 2.24. The van der Waals surface area contributed by atoms with Gasteiger partial charge in [0.1, 0.15) is 11.8 Å². The number of esters is 1.